The molecule has 0 amide bonds. The SMILES string of the molecule is O=C1OC2(OC34C=CC=CC3(OCC4)O2)c2ccccc21. The molecule has 5 nitrogen and oxygen atoms in total. The zero-order chi connectivity index (χ0) is 14.1. The number of benzene rings is 1. The van der Waals surface area contributed by atoms with Crippen molar-refractivity contribution in [1.82, 2.24) is 0 Å². The predicted molar refractivity (Wildman–Crippen MR) is 70.0 cm³/mol. The highest BCUT2D eigenvalue weighted by atomic mass is 17.0. The van der Waals surface area contributed by atoms with E-state index in [1.807, 2.05) is 30.4 Å². The Bertz CT molecular complexity index is 693. The number of fused-ring (bicyclic) bond motifs is 2. The van der Waals surface area contributed by atoms with Crippen molar-refractivity contribution in [3.05, 3.63) is 59.7 Å². The number of allylic oxidation sites excluding steroid dienone is 2. The summed E-state index contributed by atoms with van der Waals surface area (Å²) < 4.78 is 23.6. The number of rotatable bonds is 0. The van der Waals surface area contributed by atoms with Gasteiger partial charge in [-0.3, -0.25) is 9.47 Å². The van der Waals surface area contributed by atoms with Gasteiger partial charge in [-0.25, -0.2) is 4.79 Å². The highest BCUT2D eigenvalue weighted by Gasteiger charge is 2.72. The molecule has 1 spiro atoms. The fourth-order valence-electron chi connectivity index (χ4n) is 3.51. The van der Waals surface area contributed by atoms with Crippen molar-refractivity contribution in [2.45, 2.75) is 23.8 Å². The molecule has 5 heteroatoms. The predicted octanol–water partition coefficient (Wildman–Crippen LogP) is 2.00. The number of carbonyl (C=O) groups is 1. The molecule has 0 radical (unpaired) electrons. The number of esters is 1. The van der Waals surface area contributed by atoms with Crippen LogP contribution in [0.4, 0.5) is 0 Å². The van der Waals surface area contributed by atoms with Gasteiger partial charge in [-0.15, -0.1) is 0 Å². The fraction of sp³-hybridized carbons (Fsp3) is 0.312. The molecule has 2 saturated heterocycles. The van der Waals surface area contributed by atoms with Crippen LogP contribution in [0.15, 0.2) is 48.6 Å². The number of ether oxygens (including phenoxy) is 4. The van der Waals surface area contributed by atoms with Crippen molar-refractivity contribution in [2.24, 2.45) is 0 Å². The smallest absolute Gasteiger partial charge is 0.363 e. The van der Waals surface area contributed by atoms with E-state index in [9.17, 15) is 4.79 Å². The van der Waals surface area contributed by atoms with Crippen LogP contribution in [0, 0.1) is 0 Å². The maximum atomic E-state index is 12.1. The molecule has 5 rings (SSSR count). The molecule has 3 aliphatic heterocycles. The van der Waals surface area contributed by atoms with Gasteiger partial charge in [0, 0.05) is 6.42 Å². The van der Waals surface area contributed by atoms with Crippen LogP contribution in [-0.4, -0.2) is 24.0 Å². The van der Waals surface area contributed by atoms with Crippen LogP contribution < -0.4 is 0 Å². The zero-order valence-electron chi connectivity index (χ0n) is 11.1. The van der Waals surface area contributed by atoms with Gasteiger partial charge in [0.15, 0.2) is 5.60 Å². The van der Waals surface area contributed by atoms with Gasteiger partial charge in [-0.1, -0.05) is 24.3 Å². The molecule has 21 heavy (non-hydrogen) atoms. The van der Waals surface area contributed by atoms with Crippen LogP contribution in [0.1, 0.15) is 22.3 Å². The second-order valence-corrected chi connectivity index (χ2v) is 5.57. The van der Waals surface area contributed by atoms with Crippen LogP contribution in [0.5, 0.6) is 0 Å². The van der Waals surface area contributed by atoms with E-state index < -0.39 is 23.3 Å². The van der Waals surface area contributed by atoms with E-state index in [1.54, 1.807) is 18.2 Å². The molecule has 0 aromatic heterocycles. The van der Waals surface area contributed by atoms with Gasteiger partial charge < -0.3 is 9.47 Å². The van der Waals surface area contributed by atoms with E-state index in [0.717, 1.165) is 0 Å². The molecule has 0 N–H and O–H groups in total. The summed E-state index contributed by atoms with van der Waals surface area (Å²) in [6.45, 7) is 0.528. The maximum Gasteiger partial charge on any atom is 0.363 e. The Morgan fingerprint density at radius 1 is 1.05 bits per heavy atom. The minimum atomic E-state index is -1.52. The molecular formula is C16H12O5. The van der Waals surface area contributed by atoms with Gasteiger partial charge in [-0.2, -0.15) is 0 Å². The summed E-state index contributed by atoms with van der Waals surface area (Å²) in [5, 5.41) is 0. The molecule has 3 heterocycles. The lowest BCUT2D eigenvalue weighted by atomic mass is 9.88. The summed E-state index contributed by atoms with van der Waals surface area (Å²) in [6.07, 6.45) is 8.15. The van der Waals surface area contributed by atoms with Crippen molar-refractivity contribution < 1.29 is 23.7 Å². The summed E-state index contributed by atoms with van der Waals surface area (Å²) in [7, 11) is 0. The van der Waals surface area contributed by atoms with Gasteiger partial charge in [0.05, 0.1) is 17.7 Å². The maximum absolute atomic E-state index is 12.1. The van der Waals surface area contributed by atoms with Crippen LogP contribution in [0.2, 0.25) is 0 Å². The van der Waals surface area contributed by atoms with E-state index >= 15 is 0 Å². The molecule has 0 saturated carbocycles. The topological polar surface area (TPSA) is 54.0 Å². The van der Waals surface area contributed by atoms with Gasteiger partial charge in [0.2, 0.25) is 5.79 Å². The second kappa shape index (κ2) is 3.44. The fourth-order valence-corrected chi connectivity index (χ4v) is 3.51. The number of carbonyl (C=O) groups excluding carboxylic acids is 1. The van der Waals surface area contributed by atoms with Crippen LogP contribution in [0.3, 0.4) is 0 Å². The molecule has 3 atom stereocenters. The van der Waals surface area contributed by atoms with Crippen LogP contribution in [-0.2, 0) is 24.9 Å². The Morgan fingerprint density at radius 2 is 1.90 bits per heavy atom. The summed E-state index contributed by atoms with van der Waals surface area (Å²) >= 11 is 0. The Hall–Kier alpha value is -1.95. The first-order chi connectivity index (χ1) is 10.2. The third-order valence-electron chi connectivity index (χ3n) is 4.48. The number of hydrogen-bond acceptors (Lipinski definition) is 5. The summed E-state index contributed by atoms with van der Waals surface area (Å²) in [5.41, 5.74) is 0.310. The molecule has 3 unspecified atom stereocenters. The quantitative estimate of drug-likeness (QED) is 0.682. The van der Waals surface area contributed by atoms with Crippen LogP contribution in [0.25, 0.3) is 0 Å². The van der Waals surface area contributed by atoms with E-state index in [1.165, 1.54) is 0 Å². The monoisotopic (exact) mass is 284 g/mol. The summed E-state index contributed by atoms with van der Waals surface area (Å²) in [5.74, 6) is -2.99. The van der Waals surface area contributed by atoms with E-state index in [2.05, 4.69) is 0 Å². The second-order valence-electron chi connectivity index (χ2n) is 5.57. The molecule has 2 fully saturated rings. The normalized spacial score (nSPS) is 42.0. The van der Waals surface area contributed by atoms with Crippen molar-refractivity contribution in [3.8, 4) is 0 Å². The van der Waals surface area contributed by atoms with Gasteiger partial charge >= 0.3 is 11.9 Å². The molecular weight excluding hydrogens is 272 g/mol. The minimum Gasteiger partial charge on any atom is -0.400 e. The molecule has 1 aliphatic carbocycles. The Kier molecular flexibility index (Phi) is 1.91. The minimum absolute atomic E-state index is 0.442. The lowest BCUT2D eigenvalue weighted by molar-refractivity contribution is -0.350. The standard InChI is InChI=1S/C16H12O5/c17-13-11-5-1-2-6-12(11)16(19-13)20-14-7-3-4-8-15(14,21-16)18-10-9-14/h1-8H,9-10H2. The third kappa shape index (κ3) is 1.21. The molecule has 0 bridgehead atoms. The van der Waals surface area contributed by atoms with Gasteiger partial charge in [-0.05, 0) is 24.3 Å². The lowest BCUT2D eigenvalue weighted by Crippen LogP contribution is -2.46. The van der Waals surface area contributed by atoms with Crippen molar-refractivity contribution >= 4 is 5.97 Å². The highest BCUT2D eigenvalue weighted by molar-refractivity contribution is 5.94. The molecule has 106 valence electrons. The highest BCUT2D eigenvalue weighted by Crippen LogP contribution is 2.59. The van der Waals surface area contributed by atoms with E-state index in [-0.39, 0.29) is 0 Å². The third-order valence-corrected chi connectivity index (χ3v) is 4.48. The summed E-state index contributed by atoms with van der Waals surface area (Å²) in [6, 6.07) is 7.11. The Labute approximate surface area is 120 Å². The first kappa shape index (κ1) is 11.7. The van der Waals surface area contributed by atoms with Crippen molar-refractivity contribution in [3.63, 3.8) is 0 Å². The Morgan fingerprint density at radius 3 is 2.81 bits per heavy atom. The van der Waals surface area contributed by atoms with Gasteiger partial charge in [0.25, 0.3) is 0 Å². The Balaban J connectivity index is 1.70. The lowest BCUT2D eigenvalue weighted by Gasteiger charge is -2.31. The zero-order valence-corrected chi connectivity index (χ0v) is 11.1. The van der Waals surface area contributed by atoms with E-state index in [0.29, 0.717) is 24.2 Å². The average Bonchev–Trinajstić information content (AvgIpc) is 3.06. The molecule has 1 aromatic carbocycles. The molecule has 4 aliphatic rings. The van der Waals surface area contributed by atoms with Crippen molar-refractivity contribution in [1.29, 1.82) is 0 Å². The first-order valence-corrected chi connectivity index (χ1v) is 6.93. The molecule has 1 aromatic rings. The average molecular weight is 284 g/mol. The summed E-state index contributed by atoms with van der Waals surface area (Å²) in [4.78, 5) is 12.1. The first-order valence-electron chi connectivity index (χ1n) is 6.93. The number of hydrogen-bond donors (Lipinski definition) is 0. The van der Waals surface area contributed by atoms with E-state index in [4.69, 9.17) is 18.9 Å². The van der Waals surface area contributed by atoms with Gasteiger partial charge in [0.1, 0.15) is 0 Å². The van der Waals surface area contributed by atoms with Crippen molar-refractivity contribution in [2.75, 3.05) is 6.61 Å². The van der Waals surface area contributed by atoms with Crippen LogP contribution >= 0.6 is 0 Å². The largest absolute Gasteiger partial charge is 0.400 e.